The molecular weight excluding hydrogens is 496 g/mol. The molecule has 2 fully saturated rings. The zero-order chi connectivity index (χ0) is 23.5. The first-order chi connectivity index (χ1) is 16.5. The SMILES string of the molecule is CN1CCN(C(=O)CCc2ccc(Nc3ncc(Br)c(Nc4cc(C5CC5)[nH]n4)n3)cc2)CC1. The number of aromatic nitrogens is 4. The molecule has 5 rings (SSSR count). The first-order valence-electron chi connectivity index (χ1n) is 11.7. The Kier molecular flexibility index (Phi) is 6.77. The van der Waals surface area contributed by atoms with Gasteiger partial charge in [0, 0.05) is 62.2 Å². The largest absolute Gasteiger partial charge is 0.340 e. The molecule has 178 valence electrons. The highest BCUT2D eigenvalue weighted by molar-refractivity contribution is 9.10. The molecule has 3 N–H and O–H groups in total. The highest BCUT2D eigenvalue weighted by Crippen LogP contribution is 2.39. The summed E-state index contributed by atoms with van der Waals surface area (Å²) < 4.78 is 0.759. The van der Waals surface area contributed by atoms with Crippen LogP contribution in [0.1, 0.15) is 36.4 Å². The second kappa shape index (κ2) is 10.1. The third-order valence-electron chi connectivity index (χ3n) is 6.30. The summed E-state index contributed by atoms with van der Waals surface area (Å²) in [7, 11) is 2.09. The lowest BCUT2D eigenvalue weighted by Gasteiger charge is -2.32. The second-order valence-corrected chi connectivity index (χ2v) is 9.86. The minimum absolute atomic E-state index is 0.236. The number of carbonyl (C=O) groups is 1. The number of amides is 1. The number of rotatable bonds is 8. The summed E-state index contributed by atoms with van der Waals surface area (Å²) in [4.78, 5) is 25.7. The number of H-pyrrole nitrogens is 1. The van der Waals surface area contributed by atoms with Gasteiger partial charge in [-0.2, -0.15) is 10.1 Å². The molecule has 1 saturated carbocycles. The van der Waals surface area contributed by atoms with Gasteiger partial charge in [-0.25, -0.2) is 4.98 Å². The van der Waals surface area contributed by atoms with Crippen LogP contribution in [0.3, 0.4) is 0 Å². The van der Waals surface area contributed by atoms with Crippen molar-refractivity contribution in [2.24, 2.45) is 0 Å². The van der Waals surface area contributed by atoms with Crippen LogP contribution in [0.15, 0.2) is 41.0 Å². The van der Waals surface area contributed by atoms with E-state index in [9.17, 15) is 4.79 Å². The minimum atomic E-state index is 0.236. The van der Waals surface area contributed by atoms with Crippen molar-refractivity contribution in [3.63, 3.8) is 0 Å². The molecule has 0 radical (unpaired) electrons. The van der Waals surface area contributed by atoms with E-state index in [1.807, 2.05) is 35.2 Å². The van der Waals surface area contributed by atoms with E-state index in [1.165, 1.54) is 12.8 Å². The molecule has 10 heteroatoms. The number of halogens is 1. The Hall–Kier alpha value is -2.98. The number of aromatic amines is 1. The standard InChI is InChI=1S/C24H29BrN8O/c1-32-10-12-33(13-11-32)22(34)9-4-16-2-7-18(8-3-16)27-24-26-15-19(25)23(29-24)28-21-14-20(30-31-21)17-5-6-17/h2-3,7-8,14-15,17H,4-6,9-13H2,1H3,(H3,26,27,28,29,30,31). The van der Waals surface area contributed by atoms with Crippen molar-refractivity contribution in [1.29, 1.82) is 0 Å². The number of anilines is 4. The number of aryl methyl sites for hydroxylation is 1. The van der Waals surface area contributed by atoms with Gasteiger partial charge in [0.1, 0.15) is 0 Å². The lowest BCUT2D eigenvalue weighted by atomic mass is 10.1. The van der Waals surface area contributed by atoms with E-state index in [0.29, 0.717) is 24.1 Å². The van der Waals surface area contributed by atoms with Crippen LogP contribution in [0.25, 0.3) is 0 Å². The predicted molar refractivity (Wildman–Crippen MR) is 136 cm³/mol. The van der Waals surface area contributed by atoms with Gasteiger partial charge in [0.2, 0.25) is 11.9 Å². The maximum Gasteiger partial charge on any atom is 0.229 e. The lowest BCUT2D eigenvalue weighted by molar-refractivity contribution is -0.132. The van der Waals surface area contributed by atoms with Gasteiger partial charge >= 0.3 is 0 Å². The molecule has 3 aromatic rings. The molecule has 0 spiro atoms. The van der Waals surface area contributed by atoms with Crippen molar-refractivity contribution in [1.82, 2.24) is 30.0 Å². The van der Waals surface area contributed by atoms with Crippen LogP contribution < -0.4 is 10.6 Å². The third-order valence-corrected chi connectivity index (χ3v) is 6.88. The van der Waals surface area contributed by atoms with Gasteiger partial charge in [0.05, 0.1) is 4.47 Å². The van der Waals surface area contributed by atoms with Gasteiger partial charge in [0.15, 0.2) is 11.6 Å². The number of hydrogen-bond acceptors (Lipinski definition) is 7. The van der Waals surface area contributed by atoms with Crippen LogP contribution in [0, 0.1) is 0 Å². The van der Waals surface area contributed by atoms with Crippen LogP contribution in [0.4, 0.5) is 23.3 Å². The summed E-state index contributed by atoms with van der Waals surface area (Å²) in [6.07, 6.45) is 5.43. The molecule has 1 aliphatic heterocycles. The Morgan fingerprint density at radius 1 is 1.15 bits per heavy atom. The number of benzene rings is 1. The third kappa shape index (κ3) is 5.74. The van der Waals surface area contributed by atoms with Crippen molar-refractivity contribution in [3.05, 3.63) is 52.3 Å². The molecule has 1 aromatic carbocycles. The Bertz CT molecular complexity index is 1140. The summed E-state index contributed by atoms with van der Waals surface area (Å²) in [6, 6.07) is 10.1. The first kappa shape index (κ1) is 22.8. The van der Waals surface area contributed by atoms with Crippen LogP contribution in [0.2, 0.25) is 0 Å². The molecule has 2 aliphatic rings. The van der Waals surface area contributed by atoms with E-state index in [4.69, 9.17) is 0 Å². The van der Waals surface area contributed by atoms with Crippen LogP contribution >= 0.6 is 15.9 Å². The second-order valence-electron chi connectivity index (χ2n) is 9.00. The first-order valence-corrected chi connectivity index (χ1v) is 12.5. The van der Waals surface area contributed by atoms with Gasteiger partial charge < -0.3 is 20.4 Å². The van der Waals surface area contributed by atoms with E-state index in [1.54, 1.807) is 6.20 Å². The molecule has 1 saturated heterocycles. The van der Waals surface area contributed by atoms with E-state index in [-0.39, 0.29) is 5.91 Å². The number of hydrogen-bond donors (Lipinski definition) is 3. The summed E-state index contributed by atoms with van der Waals surface area (Å²) in [5.41, 5.74) is 3.19. The predicted octanol–water partition coefficient (Wildman–Crippen LogP) is 4.03. The molecule has 2 aromatic heterocycles. The quantitative estimate of drug-likeness (QED) is 0.408. The monoisotopic (exact) mass is 524 g/mol. The maximum atomic E-state index is 12.5. The number of nitrogens with one attached hydrogen (secondary N) is 3. The molecule has 0 unspecified atom stereocenters. The Morgan fingerprint density at radius 3 is 2.65 bits per heavy atom. The highest BCUT2D eigenvalue weighted by Gasteiger charge is 2.25. The number of carbonyl (C=O) groups excluding carboxylic acids is 1. The van der Waals surface area contributed by atoms with Gasteiger partial charge in [-0.15, -0.1) is 0 Å². The Labute approximate surface area is 207 Å². The molecular formula is C24H29BrN8O. The number of nitrogens with zero attached hydrogens (tertiary/aromatic N) is 5. The lowest BCUT2D eigenvalue weighted by Crippen LogP contribution is -2.47. The molecule has 34 heavy (non-hydrogen) atoms. The topological polar surface area (TPSA) is 102 Å². The molecule has 1 aliphatic carbocycles. The smallest absolute Gasteiger partial charge is 0.229 e. The van der Waals surface area contributed by atoms with E-state index >= 15 is 0 Å². The average molecular weight is 525 g/mol. The summed E-state index contributed by atoms with van der Waals surface area (Å²) >= 11 is 3.50. The normalized spacial score (nSPS) is 16.5. The van der Waals surface area contributed by atoms with Gasteiger partial charge in [-0.05, 0) is 59.9 Å². The van der Waals surface area contributed by atoms with Crippen molar-refractivity contribution >= 4 is 45.1 Å². The fraction of sp³-hybridized carbons (Fsp3) is 0.417. The van der Waals surface area contributed by atoms with Crippen LogP contribution in [-0.4, -0.2) is 69.1 Å². The van der Waals surface area contributed by atoms with Crippen molar-refractivity contribution in [2.45, 2.75) is 31.6 Å². The van der Waals surface area contributed by atoms with E-state index in [0.717, 1.165) is 59.8 Å². The van der Waals surface area contributed by atoms with Crippen molar-refractivity contribution in [3.8, 4) is 0 Å². The van der Waals surface area contributed by atoms with Crippen LogP contribution in [-0.2, 0) is 11.2 Å². The Balaban J connectivity index is 1.16. The zero-order valence-electron chi connectivity index (χ0n) is 19.2. The number of piperazine rings is 1. The Morgan fingerprint density at radius 2 is 1.91 bits per heavy atom. The molecule has 1 amide bonds. The molecule has 9 nitrogen and oxygen atoms in total. The van der Waals surface area contributed by atoms with Gasteiger partial charge in [-0.3, -0.25) is 9.89 Å². The van der Waals surface area contributed by atoms with Crippen molar-refractivity contribution in [2.75, 3.05) is 43.9 Å². The minimum Gasteiger partial charge on any atom is -0.340 e. The maximum absolute atomic E-state index is 12.5. The molecule has 0 bridgehead atoms. The summed E-state index contributed by atoms with van der Waals surface area (Å²) in [5, 5.41) is 13.9. The molecule has 3 heterocycles. The molecule has 0 atom stereocenters. The van der Waals surface area contributed by atoms with Gasteiger partial charge in [-0.1, -0.05) is 12.1 Å². The summed E-state index contributed by atoms with van der Waals surface area (Å²) in [6.45, 7) is 3.55. The van der Waals surface area contributed by atoms with E-state index in [2.05, 4.69) is 58.7 Å². The average Bonchev–Trinajstić information content (AvgIpc) is 3.59. The number of likely N-dealkylation sites (N-methyl/N-ethyl adjacent to an activating group) is 1. The fourth-order valence-corrected chi connectivity index (χ4v) is 4.28. The van der Waals surface area contributed by atoms with Crippen molar-refractivity contribution < 1.29 is 4.79 Å². The summed E-state index contributed by atoms with van der Waals surface area (Å²) in [5.74, 6) is 2.72. The fourth-order valence-electron chi connectivity index (χ4n) is 3.99. The highest BCUT2D eigenvalue weighted by atomic mass is 79.9. The zero-order valence-corrected chi connectivity index (χ0v) is 20.8. The van der Waals surface area contributed by atoms with Gasteiger partial charge in [0.25, 0.3) is 0 Å². The van der Waals surface area contributed by atoms with E-state index < -0.39 is 0 Å². The van der Waals surface area contributed by atoms with Crippen LogP contribution in [0.5, 0.6) is 0 Å².